The van der Waals surface area contributed by atoms with Crippen molar-refractivity contribution in [3.8, 4) is 22.9 Å². The number of likely N-dealkylation sites (tertiary alicyclic amines) is 3. The van der Waals surface area contributed by atoms with Gasteiger partial charge in [-0.2, -0.15) is 5.10 Å². The first-order chi connectivity index (χ1) is 40.3. The number of hydrogen-bond acceptors (Lipinski definition) is 16. The molecule has 10 rings (SSSR count). The van der Waals surface area contributed by atoms with Crippen LogP contribution in [0.3, 0.4) is 0 Å². The largest absolute Gasteiger partial charge is 0.507 e. The maximum atomic E-state index is 13.6. The molecule has 1 saturated carbocycles. The predicted molar refractivity (Wildman–Crippen MR) is 324 cm³/mol. The van der Waals surface area contributed by atoms with Crippen molar-refractivity contribution in [2.75, 3.05) is 83.4 Å². The molecule has 9 N–H and O–H groups in total. The molecule has 7 heterocycles. The molecule has 2 atom stereocenters. The molecule has 2 aromatic carbocycles. The molecular weight excluding hydrogens is 1040 g/mol. The number of amides is 2. The Morgan fingerprint density at radius 1 is 0.880 bits per heavy atom. The van der Waals surface area contributed by atoms with Crippen molar-refractivity contribution in [3.63, 3.8) is 0 Å². The van der Waals surface area contributed by atoms with Gasteiger partial charge in [0.2, 0.25) is 17.7 Å². The number of nitrogens with one attached hydrogen (secondary N) is 2. The average Bonchev–Trinajstić information content (AvgIpc) is 4.45. The van der Waals surface area contributed by atoms with Gasteiger partial charge >= 0.3 is 0 Å². The van der Waals surface area contributed by atoms with E-state index in [0.29, 0.717) is 66.0 Å². The molecule has 4 aliphatic heterocycles. The summed E-state index contributed by atoms with van der Waals surface area (Å²) in [5.74, 6) is 3.41. The van der Waals surface area contributed by atoms with Crippen LogP contribution in [0.5, 0.6) is 11.6 Å². The van der Waals surface area contributed by atoms with Crippen molar-refractivity contribution in [2.45, 2.75) is 122 Å². The third kappa shape index (κ3) is 15.2. The smallest absolute Gasteiger partial charge is 0.243 e. The predicted octanol–water partition coefficient (Wildman–Crippen LogP) is 7.12. The van der Waals surface area contributed by atoms with Crippen LogP contribution in [-0.4, -0.2) is 147 Å². The molecule has 19 nitrogen and oxygen atoms in total. The van der Waals surface area contributed by atoms with Crippen molar-refractivity contribution in [1.29, 1.82) is 0 Å². The van der Waals surface area contributed by atoms with Crippen molar-refractivity contribution < 1.29 is 24.0 Å². The molecule has 446 valence electrons. The Hall–Kier alpha value is -7.09. The molecule has 2 unspecified atom stereocenters. The minimum atomic E-state index is -0.501. The van der Waals surface area contributed by atoms with Crippen LogP contribution in [0.2, 0.25) is 0 Å². The number of allylic oxidation sites excluding steroid dienone is 1. The van der Waals surface area contributed by atoms with E-state index < -0.39 is 6.04 Å². The number of rotatable bonds is 24. The van der Waals surface area contributed by atoms with Gasteiger partial charge in [-0.15, -0.1) is 0 Å². The Balaban J connectivity index is 0.610. The number of nitrogens with zero attached hydrogens (tertiary/aromatic N) is 9. The van der Waals surface area contributed by atoms with Gasteiger partial charge in [0.05, 0.1) is 23.9 Å². The van der Waals surface area contributed by atoms with Gasteiger partial charge < -0.3 is 66.7 Å². The number of hydrogen-bond donors (Lipinski definition) is 6. The summed E-state index contributed by atoms with van der Waals surface area (Å²) in [4.78, 5) is 43.4. The van der Waals surface area contributed by atoms with Crippen molar-refractivity contribution in [1.82, 2.24) is 50.2 Å². The molecule has 4 saturated heterocycles. The lowest BCUT2D eigenvalue weighted by atomic mass is 9.61. The number of carbonyl (C=O) groups excluding carboxylic acids is 2. The Kier molecular flexibility index (Phi) is 19.6. The first kappa shape index (κ1) is 59.1. The Labute approximate surface area is 490 Å². The maximum absolute atomic E-state index is 13.6. The summed E-state index contributed by atoms with van der Waals surface area (Å²) in [5, 5.41) is 25.9. The summed E-state index contributed by atoms with van der Waals surface area (Å²) in [5.41, 5.74) is 25.1. The Bertz CT molecular complexity index is 2980. The van der Waals surface area contributed by atoms with E-state index in [4.69, 9.17) is 26.5 Å². The third-order valence-electron chi connectivity index (χ3n) is 18.4. The molecule has 0 radical (unpaired) electrons. The normalized spacial score (nSPS) is 19.7. The van der Waals surface area contributed by atoms with Crippen LogP contribution in [0.1, 0.15) is 119 Å². The number of piperidine rings is 3. The molecule has 0 bridgehead atoms. The fraction of sp³-hybridized carbons (Fsp3) is 0.547. The second kappa shape index (κ2) is 27.5. The lowest BCUT2D eigenvalue weighted by Crippen LogP contribution is -2.52. The topological polar surface area (TPSA) is 239 Å². The number of ether oxygens (including phenoxy) is 1. The number of para-hydroxylation sites is 1. The maximum Gasteiger partial charge on any atom is 0.243 e. The average molecular weight is 1140 g/mol. The minimum absolute atomic E-state index is 0.0885. The number of pyridine rings is 1. The SMILES string of the molecule is CCCCNCCN(Cc1ccnc(OC2CC3(CCN(CC4CCN(CC5CCN(c6cc(CC(=O)N7CCCC7C(=O)NC(C)c7ccc(-c8ccnn8C)cc7)on6)CC5)CC4)CC3)C2)c1)C(/C=C(\N)c1ccccc1O)=C(N)N. The zero-order chi connectivity index (χ0) is 57.9. The summed E-state index contributed by atoms with van der Waals surface area (Å²) < 4.78 is 14.1. The summed E-state index contributed by atoms with van der Waals surface area (Å²) >= 11 is 0. The van der Waals surface area contributed by atoms with E-state index in [0.717, 1.165) is 125 Å². The highest BCUT2D eigenvalue weighted by Gasteiger charge is 2.47. The van der Waals surface area contributed by atoms with Gasteiger partial charge in [0.1, 0.15) is 29.5 Å². The quantitative estimate of drug-likeness (QED) is 0.0266. The summed E-state index contributed by atoms with van der Waals surface area (Å²) in [6.07, 6.45) is 18.6. The van der Waals surface area contributed by atoms with E-state index in [9.17, 15) is 14.7 Å². The summed E-state index contributed by atoms with van der Waals surface area (Å²) in [6, 6.07) is 22.4. The van der Waals surface area contributed by atoms with Crippen LogP contribution in [0, 0.1) is 17.3 Å². The number of aromatic hydroxyl groups is 1. The fourth-order valence-electron chi connectivity index (χ4n) is 13.4. The van der Waals surface area contributed by atoms with Gasteiger partial charge in [0.15, 0.2) is 5.82 Å². The Morgan fingerprint density at radius 3 is 2.30 bits per heavy atom. The van der Waals surface area contributed by atoms with Crippen molar-refractivity contribution in [2.24, 2.45) is 41.5 Å². The van der Waals surface area contributed by atoms with Crippen LogP contribution < -0.4 is 37.5 Å². The van der Waals surface area contributed by atoms with E-state index in [1.165, 1.54) is 45.3 Å². The number of carbonyl (C=O) groups is 2. The van der Waals surface area contributed by atoms with Crippen molar-refractivity contribution in [3.05, 3.63) is 125 Å². The van der Waals surface area contributed by atoms with E-state index in [1.54, 1.807) is 35.4 Å². The van der Waals surface area contributed by atoms with E-state index in [2.05, 4.69) is 52.4 Å². The molecule has 1 aliphatic carbocycles. The first-order valence-corrected chi connectivity index (χ1v) is 30.7. The van der Waals surface area contributed by atoms with Crippen LogP contribution in [0.15, 0.2) is 107 Å². The lowest BCUT2D eigenvalue weighted by molar-refractivity contribution is -0.138. The minimum Gasteiger partial charge on any atom is -0.507 e. The van der Waals surface area contributed by atoms with Gasteiger partial charge in [-0.05, 0) is 175 Å². The highest BCUT2D eigenvalue weighted by molar-refractivity contribution is 5.89. The van der Waals surface area contributed by atoms with E-state index in [1.807, 2.05) is 79.4 Å². The van der Waals surface area contributed by atoms with Gasteiger partial charge in [-0.3, -0.25) is 14.3 Å². The molecule has 5 aromatic rings. The molecule has 1 spiro atoms. The molecule has 2 amide bonds. The zero-order valence-corrected chi connectivity index (χ0v) is 49.3. The standard InChI is InChI=1S/C64H90N14O5/c1-4-5-24-68-27-35-77(57(62(66)67)39-54(65)53-9-6-7-11-58(53)79)44-48-16-25-69-60(36-48)82-52-40-64(41-52)22-33-75(34-23-64)43-46-18-29-74(30-19-46)42-47-20-31-76(32-21-47)59-37-51(83-72-59)38-61(80)78-28-8-10-56(78)63(81)71-45(2)49-12-14-50(15-13-49)55-17-26-70-73(55)3/h6-7,9,11-17,25-26,36-37,39,45-47,52,56,68,79H,4-5,8,10,18-24,27-35,38,40-44,65-67H2,1-3H3,(H,71,81)/b54-39-. The third-order valence-corrected chi connectivity index (χ3v) is 18.4. The van der Waals surface area contributed by atoms with Crippen LogP contribution in [-0.2, 0) is 29.6 Å². The number of aryl methyl sites for hydroxylation is 1. The number of aromatic nitrogens is 4. The lowest BCUT2D eigenvalue weighted by Gasteiger charge is -2.52. The van der Waals surface area contributed by atoms with Crippen LogP contribution in [0.25, 0.3) is 17.0 Å². The molecular formula is C64H90N14O5. The highest BCUT2D eigenvalue weighted by atomic mass is 16.5. The molecule has 83 heavy (non-hydrogen) atoms. The summed E-state index contributed by atoms with van der Waals surface area (Å²) in [7, 11) is 1.92. The zero-order valence-electron chi connectivity index (χ0n) is 49.3. The second-order valence-corrected chi connectivity index (χ2v) is 24.4. The highest BCUT2D eigenvalue weighted by Crippen LogP contribution is 2.50. The molecule has 5 fully saturated rings. The van der Waals surface area contributed by atoms with Crippen LogP contribution >= 0.6 is 0 Å². The van der Waals surface area contributed by atoms with E-state index in [-0.39, 0.29) is 42.0 Å². The van der Waals surface area contributed by atoms with Gasteiger partial charge in [-0.1, -0.05) is 54.9 Å². The number of nitrogens with two attached hydrogens (primary N) is 3. The van der Waals surface area contributed by atoms with Crippen molar-refractivity contribution >= 4 is 23.3 Å². The second-order valence-electron chi connectivity index (χ2n) is 24.4. The van der Waals surface area contributed by atoms with Gasteiger partial charge in [-0.25, -0.2) is 4.98 Å². The number of phenolic OH excluding ortho intramolecular Hbond substituents is 1. The number of benzene rings is 2. The number of unbranched alkanes of at least 4 members (excludes halogenated alkanes) is 1. The van der Waals surface area contributed by atoms with Gasteiger partial charge in [0.25, 0.3) is 0 Å². The first-order valence-electron chi connectivity index (χ1n) is 30.7. The monoisotopic (exact) mass is 1130 g/mol. The molecule has 5 aliphatic rings. The van der Waals surface area contributed by atoms with Gasteiger partial charge in [0, 0.05) is 95.2 Å². The Morgan fingerprint density at radius 2 is 1.60 bits per heavy atom. The summed E-state index contributed by atoms with van der Waals surface area (Å²) in [6.45, 7) is 16.4. The van der Waals surface area contributed by atoms with Crippen LogP contribution in [0.4, 0.5) is 5.82 Å². The van der Waals surface area contributed by atoms with E-state index >= 15 is 0 Å². The molecule has 3 aromatic heterocycles. The molecule has 19 heteroatoms. The number of anilines is 1. The fourth-order valence-corrected chi connectivity index (χ4v) is 13.4. The number of phenols is 1.